The molecule has 1 aliphatic rings. The van der Waals surface area contributed by atoms with Crippen LogP contribution in [0.3, 0.4) is 0 Å². The fourth-order valence-corrected chi connectivity index (χ4v) is 2.95. The molecule has 1 saturated heterocycles. The summed E-state index contributed by atoms with van der Waals surface area (Å²) in [6, 6.07) is 16.5. The van der Waals surface area contributed by atoms with E-state index in [1.165, 1.54) is 11.1 Å². The molecule has 3 atom stereocenters. The highest BCUT2D eigenvalue weighted by molar-refractivity contribution is 6.30. The summed E-state index contributed by atoms with van der Waals surface area (Å²) in [6.07, 6.45) is 0.261. The lowest BCUT2D eigenvalue weighted by Gasteiger charge is -2.20. The summed E-state index contributed by atoms with van der Waals surface area (Å²) in [6.45, 7) is 2.12. The molecule has 0 radical (unpaired) electrons. The third-order valence-electron chi connectivity index (χ3n) is 3.65. The minimum atomic E-state index is 0.225. The van der Waals surface area contributed by atoms with Gasteiger partial charge in [0, 0.05) is 10.0 Å². The predicted octanol–water partition coefficient (Wildman–Crippen LogP) is 4.31. The Morgan fingerprint density at radius 2 is 1.05 bits per heavy atom. The second-order valence-corrected chi connectivity index (χ2v) is 5.99. The average Bonchev–Trinajstić information content (AvgIpc) is 2.82. The summed E-state index contributed by atoms with van der Waals surface area (Å²) in [5.41, 5.74) is 2.46. The van der Waals surface area contributed by atoms with Gasteiger partial charge in [-0.1, -0.05) is 47.5 Å². The Morgan fingerprint density at radius 3 is 1.40 bits per heavy atom. The number of hydrogen-bond acceptors (Lipinski definition) is 2. The van der Waals surface area contributed by atoms with Gasteiger partial charge in [-0.05, 0) is 42.3 Å². The molecule has 4 heteroatoms. The first-order valence-corrected chi connectivity index (χ1v) is 7.42. The molecule has 0 aliphatic carbocycles. The fourth-order valence-electron chi connectivity index (χ4n) is 2.70. The predicted molar refractivity (Wildman–Crippen MR) is 84.1 cm³/mol. The third-order valence-corrected chi connectivity index (χ3v) is 4.15. The van der Waals surface area contributed by atoms with Crippen molar-refractivity contribution in [1.29, 1.82) is 0 Å². The third kappa shape index (κ3) is 2.84. The maximum Gasteiger partial charge on any atom is 0.0553 e. The van der Waals surface area contributed by atoms with Crippen LogP contribution in [0, 0.1) is 0 Å². The number of rotatable bonds is 2. The van der Waals surface area contributed by atoms with Gasteiger partial charge in [0.05, 0.1) is 18.2 Å². The molecule has 20 heavy (non-hydrogen) atoms. The second-order valence-electron chi connectivity index (χ2n) is 5.11. The highest BCUT2D eigenvalue weighted by Gasteiger charge is 2.32. The van der Waals surface area contributed by atoms with Crippen LogP contribution < -0.4 is 10.6 Å². The molecule has 0 aromatic heterocycles. The van der Waals surface area contributed by atoms with Crippen molar-refractivity contribution < 1.29 is 0 Å². The maximum absolute atomic E-state index is 5.97. The first-order valence-electron chi connectivity index (χ1n) is 6.66. The Morgan fingerprint density at radius 1 is 0.700 bits per heavy atom. The lowest BCUT2D eigenvalue weighted by Crippen LogP contribution is -2.27. The van der Waals surface area contributed by atoms with Crippen LogP contribution >= 0.6 is 23.2 Å². The number of nitrogens with one attached hydrogen (secondary N) is 2. The number of hydrogen-bond donors (Lipinski definition) is 2. The zero-order valence-electron chi connectivity index (χ0n) is 11.1. The minimum absolute atomic E-state index is 0.225. The summed E-state index contributed by atoms with van der Waals surface area (Å²) in [4.78, 5) is 0. The lowest BCUT2D eigenvalue weighted by atomic mass is 9.95. The van der Waals surface area contributed by atoms with Gasteiger partial charge in [0.15, 0.2) is 0 Å². The van der Waals surface area contributed by atoms with E-state index in [1.54, 1.807) is 0 Å². The van der Waals surface area contributed by atoms with Crippen molar-refractivity contribution in [3.63, 3.8) is 0 Å². The van der Waals surface area contributed by atoms with E-state index in [9.17, 15) is 0 Å². The highest BCUT2D eigenvalue weighted by atomic mass is 35.5. The second kappa shape index (κ2) is 5.74. The Bertz CT molecular complexity index is 527. The van der Waals surface area contributed by atoms with E-state index in [0.29, 0.717) is 0 Å². The Kier molecular flexibility index (Phi) is 3.99. The molecule has 104 valence electrons. The summed E-state index contributed by atoms with van der Waals surface area (Å²) in [5, 5.41) is 8.65. The van der Waals surface area contributed by atoms with E-state index < -0.39 is 0 Å². The van der Waals surface area contributed by atoms with E-state index in [4.69, 9.17) is 23.2 Å². The van der Waals surface area contributed by atoms with Crippen LogP contribution in [-0.4, -0.2) is 6.17 Å². The number of halogens is 2. The van der Waals surface area contributed by atoms with Gasteiger partial charge in [-0.25, -0.2) is 0 Å². The topological polar surface area (TPSA) is 24.1 Å². The van der Waals surface area contributed by atoms with Gasteiger partial charge in [-0.3, -0.25) is 10.6 Å². The summed E-state index contributed by atoms with van der Waals surface area (Å²) in [7, 11) is 0. The van der Waals surface area contributed by atoms with Gasteiger partial charge in [0.1, 0.15) is 0 Å². The molecular formula is C16H16Cl2N2. The lowest BCUT2D eigenvalue weighted by molar-refractivity contribution is 0.554. The van der Waals surface area contributed by atoms with Crippen LogP contribution in [-0.2, 0) is 0 Å². The van der Waals surface area contributed by atoms with Crippen LogP contribution in [0.4, 0.5) is 0 Å². The molecule has 2 aromatic carbocycles. The van der Waals surface area contributed by atoms with Crippen molar-refractivity contribution in [2.75, 3.05) is 0 Å². The van der Waals surface area contributed by atoms with Crippen molar-refractivity contribution in [3.05, 3.63) is 69.7 Å². The van der Waals surface area contributed by atoms with Crippen molar-refractivity contribution in [2.24, 2.45) is 0 Å². The molecule has 2 nitrogen and oxygen atoms in total. The van der Waals surface area contributed by atoms with Gasteiger partial charge in [-0.2, -0.15) is 0 Å². The molecule has 0 spiro atoms. The largest absolute Gasteiger partial charge is 0.293 e. The van der Waals surface area contributed by atoms with Crippen molar-refractivity contribution in [2.45, 2.75) is 25.2 Å². The van der Waals surface area contributed by atoms with Gasteiger partial charge in [0.2, 0.25) is 0 Å². The molecule has 0 saturated carbocycles. The first-order chi connectivity index (χ1) is 9.63. The zero-order valence-corrected chi connectivity index (χ0v) is 12.6. The van der Waals surface area contributed by atoms with Crippen LogP contribution in [0.2, 0.25) is 10.0 Å². The molecule has 1 heterocycles. The van der Waals surface area contributed by atoms with E-state index in [0.717, 1.165) is 10.0 Å². The summed E-state index contributed by atoms with van der Waals surface area (Å²) >= 11 is 11.9. The molecule has 3 rings (SSSR count). The van der Waals surface area contributed by atoms with E-state index in [2.05, 4.69) is 41.8 Å². The van der Waals surface area contributed by atoms with E-state index >= 15 is 0 Å². The fraction of sp³-hybridized carbons (Fsp3) is 0.250. The standard InChI is InChI=1S/C16H16Cl2N2/c1-10-19-15(11-2-6-13(17)7-3-11)16(20-10)12-4-8-14(18)9-5-12/h2-10,15-16,19-20H,1H3/t10?,15-,16+. The SMILES string of the molecule is CC1N[C@H](c2ccc(Cl)cc2)[C@H](c2ccc(Cl)cc2)N1. The van der Waals surface area contributed by atoms with E-state index in [-0.39, 0.29) is 18.2 Å². The van der Waals surface area contributed by atoms with E-state index in [1.807, 2.05) is 24.3 Å². The van der Waals surface area contributed by atoms with Crippen molar-refractivity contribution in [3.8, 4) is 0 Å². The van der Waals surface area contributed by atoms with Gasteiger partial charge in [-0.15, -0.1) is 0 Å². The molecular weight excluding hydrogens is 291 g/mol. The van der Waals surface area contributed by atoms with Gasteiger partial charge < -0.3 is 0 Å². The minimum Gasteiger partial charge on any atom is -0.293 e. The van der Waals surface area contributed by atoms with Gasteiger partial charge in [0.25, 0.3) is 0 Å². The maximum atomic E-state index is 5.97. The van der Waals surface area contributed by atoms with Crippen molar-refractivity contribution >= 4 is 23.2 Å². The monoisotopic (exact) mass is 306 g/mol. The summed E-state index contributed by atoms with van der Waals surface area (Å²) < 4.78 is 0. The summed E-state index contributed by atoms with van der Waals surface area (Å²) in [5.74, 6) is 0. The zero-order chi connectivity index (χ0) is 14.1. The van der Waals surface area contributed by atoms with Crippen LogP contribution in [0.5, 0.6) is 0 Å². The molecule has 1 fully saturated rings. The molecule has 0 bridgehead atoms. The quantitative estimate of drug-likeness (QED) is 0.863. The van der Waals surface area contributed by atoms with Crippen molar-refractivity contribution in [1.82, 2.24) is 10.6 Å². The Balaban J connectivity index is 1.92. The normalized spacial score (nSPS) is 25.9. The molecule has 1 aliphatic heterocycles. The molecule has 1 unspecified atom stereocenters. The molecule has 2 N–H and O–H groups in total. The molecule has 0 amide bonds. The average molecular weight is 307 g/mol. The highest BCUT2D eigenvalue weighted by Crippen LogP contribution is 2.34. The van der Waals surface area contributed by atoms with Gasteiger partial charge >= 0.3 is 0 Å². The smallest absolute Gasteiger partial charge is 0.0553 e. The first kappa shape index (κ1) is 13.9. The van der Waals surface area contributed by atoms with Crippen LogP contribution in [0.25, 0.3) is 0 Å². The molecule has 2 aromatic rings. The van der Waals surface area contributed by atoms with Crippen LogP contribution in [0.15, 0.2) is 48.5 Å². The van der Waals surface area contributed by atoms with Crippen LogP contribution in [0.1, 0.15) is 30.1 Å². The number of benzene rings is 2. The Labute approximate surface area is 129 Å². The Hall–Kier alpha value is -1.06.